The number of anilines is 1. The summed E-state index contributed by atoms with van der Waals surface area (Å²) in [4.78, 5) is 13.9. The molecular weight excluding hydrogens is 311 g/mol. The summed E-state index contributed by atoms with van der Waals surface area (Å²) in [6.45, 7) is 2.65. The van der Waals surface area contributed by atoms with Crippen LogP contribution < -0.4 is 10.6 Å². The minimum absolute atomic E-state index is 0.0351. The number of nitriles is 1. The molecule has 0 radical (unpaired) electrons. The Bertz CT molecular complexity index is 603. The van der Waals surface area contributed by atoms with Gasteiger partial charge in [-0.2, -0.15) is 5.26 Å². The molecule has 2 N–H and O–H groups in total. The van der Waals surface area contributed by atoms with Gasteiger partial charge in [-0.05, 0) is 18.2 Å². The molecule has 0 atom stereocenters. The average Bonchev–Trinajstić information content (AvgIpc) is 2.51. The van der Waals surface area contributed by atoms with Crippen molar-refractivity contribution in [1.82, 2.24) is 10.2 Å². The second kappa shape index (κ2) is 7.32. The Morgan fingerprint density at radius 2 is 2.10 bits per heavy atom. The van der Waals surface area contributed by atoms with E-state index in [4.69, 9.17) is 28.5 Å². The molecule has 2 rings (SSSR count). The van der Waals surface area contributed by atoms with Gasteiger partial charge in [0.25, 0.3) is 5.91 Å². The predicted molar refractivity (Wildman–Crippen MR) is 83.2 cm³/mol. The number of nitrogens with zero attached hydrogens (tertiary/aromatic N) is 2. The van der Waals surface area contributed by atoms with Gasteiger partial charge in [-0.1, -0.05) is 23.2 Å². The van der Waals surface area contributed by atoms with Gasteiger partial charge in [-0.15, -0.1) is 0 Å². The zero-order valence-corrected chi connectivity index (χ0v) is 12.7. The SMILES string of the molecule is N#C/C(=C/Nc1cc(Cl)ccc1Cl)C(=O)N1CCNCC1. The molecule has 0 aromatic heterocycles. The monoisotopic (exact) mass is 324 g/mol. The molecule has 1 aromatic carbocycles. The molecule has 1 amide bonds. The Morgan fingerprint density at radius 1 is 1.38 bits per heavy atom. The summed E-state index contributed by atoms with van der Waals surface area (Å²) in [5, 5.41) is 16.1. The number of piperazine rings is 1. The Balaban J connectivity index is 2.11. The van der Waals surface area contributed by atoms with E-state index in [1.165, 1.54) is 6.20 Å². The average molecular weight is 325 g/mol. The third-order valence-electron chi connectivity index (χ3n) is 3.06. The van der Waals surface area contributed by atoms with E-state index in [9.17, 15) is 4.79 Å². The van der Waals surface area contributed by atoms with Crippen LogP contribution in [0.4, 0.5) is 5.69 Å². The summed E-state index contributed by atoms with van der Waals surface area (Å²) in [5.74, 6) is -0.287. The van der Waals surface area contributed by atoms with E-state index in [-0.39, 0.29) is 11.5 Å². The van der Waals surface area contributed by atoms with E-state index in [1.807, 2.05) is 6.07 Å². The number of carbonyl (C=O) groups is 1. The highest BCUT2D eigenvalue weighted by Crippen LogP contribution is 2.25. The minimum Gasteiger partial charge on any atom is -0.359 e. The second-order valence-electron chi connectivity index (χ2n) is 4.48. The first-order valence-electron chi connectivity index (χ1n) is 6.43. The van der Waals surface area contributed by atoms with Crippen LogP contribution in [0.3, 0.4) is 0 Å². The topological polar surface area (TPSA) is 68.2 Å². The number of hydrogen-bond acceptors (Lipinski definition) is 4. The van der Waals surface area contributed by atoms with Crippen LogP contribution >= 0.6 is 23.2 Å². The van der Waals surface area contributed by atoms with Crippen molar-refractivity contribution < 1.29 is 4.79 Å². The van der Waals surface area contributed by atoms with Gasteiger partial charge in [-0.25, -0.2) is 0 Å². The van der Waals surface area contributed by atoms with Gasteiger partial charge in [0, 0.05) is 37.4 Å². The van der Waals surface area contributed by atoms with Crippen LogP contribution in [-0.4, -0.2) is 37.0 Å². The molecule has 0 spiro atoms. The van der Waals surface area contributed by atoms with Crippen LogP contribution in [0.1, 0.15) is 0 Å². The van der Waals surface area contributed by atoms with Crippen LogP contribution in [0.25, 0.3) is 0 Å². The number of halogens is 2. The standard InChI is InChI=1S/C14H14Cl2N4O/c15-11-1-2-12(16)13(7-11)19-9-10(8-17)14(21)20-5-3-18-4-6-20/h1-2,7,9,18-19H,3-6H2/b10-9-. The van der Waals surface area contributed by atoms with Crippen LogP contribution in [-0.2, 0) is 4.79 Å². The third-order valence-corrected chi connectivity index (χ3v) is 3.62. The van der Waals surface area contributed by atoms with E-state index in [0.29, 0.717) is 28.8 Å². The lowest BCUT2D eigenvalue weighted by atomic mass is 10.2. The molecule has 5 nitrogen and oxygen atoms in total. The number of hydrogen-bond donors (Lipinski definition) is 2. The number of carbonyl (C=O) groups excluding carboxylic acids is 1. The lowest BCUT2D eigenvalue weighted by Crippen LogP contribution is -2.46. The normalized spacial score (nSPS) is 15.5. The molecule has 1 aliphatic heterocycles. The second-order valence-corrected chi connectivity index (χ2v) is 5.32. The fraction of sp³-hybridized carbons (Fsp3) is 0.286. The zero-order chi connectivity index (χ0) is 15.2. The lowest BCUT2D eigenvalue weighted by Gasteiger charge is -2.27. The highest BCUT2D eigenvalue weighted by Gasteiger charge is 2.19. The smallest absolute Gasteiger partial charge is 0.266 e. The summed E-state index contributed by atoms with van der Waals surface area (Å²) in [7, 11) is 0. The first kappa shape index (κ1) is 15.6. The maximum Gasteiger partial charge on any atom is 0.266 e. The summed E-state index contributed by atoms with van der Waals surface area (Å²) in [5.41, 5.74) is 0.581. The van der Waals surface area contributed by atoms with E-state index in [1.54, 1.807) is 23.1 Å². The zero-order valence-electron chi connectivity index (χ0n) is 11.2. The van der Waals surface area contributed by atoms with E-state index in [0.717, 1.165) is 13.1 Å². The molecule has 1 aliphatic rings. The fourth-order valence-electron chi connectivity index (χ4n) is 1.94. The Kier molecular flexibility index (Phi) is 5.45. The van der Waals surface area contributed by atoms with Crippen molar-refractivity contribution in [1.29, 1.82) is 5.26 Å². The molecule has 21 heavy (non-hydrogen) atoms. The summed E-state index contributed by atoms with van der Waals surface area (Å²) in [6.07, 6.45) is 1.36. The molecule has 110 valence electrons. The van der Waals surface area contributed by atoms with Crippen LogP contribution in [0, 0.1) is 11.3 Å². The van der Waals surface area contributed by atoms with Crippen LogP contribution in [0.2, 0.25) is 10.0 Å². The maximum absolute atomic E-state index is 12.2. The molecule has 1 saturated heterocycles. The van der Waals surface area contributed by atoms with Gasteiger partial charge in [-0.3, -0.25) is 4.79 Å². The van der Waals surface area contributed by atoms with Crippen molar-refractivity contribution >= 4 is 34.8 Å². The molecule has 0 bridgehead atoms. The van der Waals surface area contributed by atoms with Crippen molar-refractivity contribution in [3.63, 3.8) is 0 Å². The van der Waals surface area contributed by atoms with Gasteiger partial charge in [0.2, 0.25) is 0 Å². The molecule has 7 heteroatoms. The lowest BCUT2D eigenvalue weighted by molar-refractivity contribution is -0.127. The summed E-state index contributed by atoms with van der Waals surface area (Å²) >= 11 is 11.9. The van der Waals surface area contributed by atoms with Gasteiger partial charge < -0.3 is 15.5 Å². The van der Waals surface area contributed by atoms with Crippen molar-refractivity contribution in [2.24, 2.45) is 0 Å². The van der Waals surface area contributed by atoms with Crippen LogP contribution in [0.5, 0.6) is 0 Å². The molecular formula is C14H14Cl2N4O. The van der Waals surface area contributed by atoms with Crippen molar-refractivity contribution in [2.75, 3.05) is 31.5 Å². The molecule has 1 heterocycles. The minimum atomic E-state index is -0.287. The Hall–Kier alpha value is -1.74. The molecule has 1 aromatic rings. The Labute approximate surface area is 133 Å². The number of benzene rings is 1. The van der Waals surface area contributed by atoms with E-state index in [2.05, 4.69) is 10.6 Å². The predicted octanol–water partition coefficient (Wildman–Crippen LogP) is 2.24. The quantitative estimate of drug-likeness (QED) is 0.661. The van der Waals surface area contributed by atoms with E-state index < -0.39 is 0 Å². The maximum atomic E-state index is 12.2. The van der Waals surface area contributed by atoms with Gasteiger partial charge in [0.15, 0.2) is 0 Å². The van der Waals surface area contributed by atoms with E-state index >= 15 is 0 Å². The summed E-state index contributed by atoms with van der Waals surface area (Å²) in [6, 6.07) is 6.85. The number of amides is 1. The first-order chi connectivity index (χ1) is 10.1. The molecule has 0 aliphatic carbocycles. The van der Waals surface area contributed by atoms with Gasteiger partial charge >= 0.3 is 0 Å². The fourth-order valence-corrected chi connectivity index (χ4v) is 2.28. The third kappa shape index (κ3) is 4.11. The molecule has 0 unspecified atom stereocenters. The number of rotatable bonds is 3. The Morgan fingerprint density at radius 3 is 2.76 bits per heavy atom. The van der Waals surface area contributed by atoms with Crippen LogP contribution in [0.15, 0.2) is 30.0 Å². The van der Waals surface area contributed by atoms with Crippen molar-refractivity contribution in [3.05, 3.63) is 40.0 Å². The summed E-state index contributed by atoms with van der Waals surface area (Å²) < 4.78 is 0. The van der Waals surface area contributed by atoms with Crippen molar-refractivity contribution in [2.45, 2.75) is 0 Å². The highest BCUT2D eigenvalue weighted by molar-refractivity contribution is 6.35. The largest absolute Gasteiger partial charge is 0.359 e. The van der Waals surface area contributed by atoms with Gasteiger partial charge in [0.1, 0.15) is 11.6 Å². The van der Waals surface area contributed by atoms with Gasteiger partial charge in [0.05, 0.1) is 10.7 Å². The highest BCUT2D eigenvalue weighted by atomic mass is 35.5. The molecule has 1 fully saturated rings. The molecule has 0 saturated carbocycles. The number of nitrogens with one attached hydrogen (secondary N) is 2. The van der Waals surface area contributed by atoms with Crippen molar-refractivity contribution in [3.8, 4) is 6.07 Å². The first-order valence-corrected chi connectivity index (χ1v) is 7.19.